The Bertz CT molecular complexity index is 516. The maximum absolute atomic E-state index is 5.03. The first-order valence-electron chi connectivity index (χ1n) is 8.37. The van der Waals surface area contributed by atoms with Crippen LogP contribution in [-0.2, 0) is 18.4 Å². The van der Waals surface area contributed by atoms with Crippen molar-refractivity contribution in [2.45, 2.75) is 56.9 Å². The molecule has 3 heteroatoms. The number of fused-ring (bicyclic) bond motifs is 1. The van der Waals surface area contributed by atoms with E-state index in [-0.39, 0.29) is 0 Å². The number of hydrogen-bond donors (Lipinski definition) is 1. The molecule has 4 fully saturated rings. The minimum absolute atomic E-state index is 0.348. The quantitative estimate of drug-likeness (QED) is 0.851. The predicted octanol–water partition coefficient (Wildman–Crippen LogP) is 2.59. The monoisotopic (exact) mass is 269 g/mol. The molecule has 3 nitrogen and oxygen atoms in total. The summed E-state index contributed by atoms with van der Waals surface area (Å²) in [5.74, 6) is 4.11. The van der Waals surface area contributed by atoms with E-state index < -0.39 is 0 Å². The van der Waals surface area contributed by atoms with E-state index in [0.717, 1.165) is 37.3 Å². The van der Waals surface area contributed by atoms with Gasteiger partial charge in [-0.2, -0.15) is 0 Å². The summed E-state index contributed by atoms with van der Waals surface area (Å²) in [5, 5.41) is 3.45. The van der Waals surface area contributed by atoms with Crippen LogP contribution in [0.3, 0.4) is 0 Å². The fourth-order valence-electron chi connectivity index (χ4n) is 5.87. The molecular formula is C17H23N3. The molecule has 106 valence electrons. The first-order valence-corrected chi connectivity index (χ1v) is 8.37. The number of aromatic nitrogens is 2. The molecule has 0 amide bonds. The lowest BCUT2D eigenvalue weighted by Crippen LogP contribution is -2.49. The molecule has 0 spiro atoms. The molecule has 20 heavy (non-hydrogen) atoms. The molecule has 4 bridgehead atoms. The van der Waals surface area contributed by atoms with Gasteiger partial charge in [-0.1, -0.05) is 0 Å². The van der Waals surface area contributed by atoms with E-state index in [1.807, 2.05) is 0 Å². The standard InChI is InChI=1S/C17H23N3/c1-2-18-10-15-14(1)9-19-16(20-15)17-6-11-3-12(7-17)5-13(4-11)8-17/h9,11-13,18H,1-8,10H2. The fraction of sp³-hybridized carbons (Fsp3) is 0.765. The Kier molecular flexibility index (Phi) is 2.35. The summed E-state index contributed by atoms with van der Waals surface area (Å²) in [6, 6.07) is 0. The summed E-state index contributed by atoms with van der Waals surface area (Å²) in [4.78, 5) is 9.87. The highest BCUT2D eigenvalue weighted by Crippen LogP contribution is 2.60. The summed E-state index contributed by atoms with van der Waals surface area (Å²) in [5.41, 5.74) is 3.00. The molecule has 0 radical (unpaired) electrons. The molecule has 6 rings (SSSR count). The third kappa shape index (κ3) is 1.62. The molecule has 0 atom stereocenters. The second kappa shape index (κ2) is 4.03. The average Bonchev–Trinajstić information content (AvgIpc) is 2.45. The third-order valence-electron chi connectivity index (χ3n) is 6.33. The molecule has 4 saturated carbocycles. The lowest BCUT2D eigenvalue weighted by Gasteiger charge is -2.56. The van der Waals surface area contributed by atoms with Crippen molar-refractivity contribution in [3.63, 3.8) is 0 Å². The van der Waals surface area contributed by atoms with Crippen LogP contribution in [0.2, 0.25) is 0 Å². The van der Waals surface area contributed by atoms with Crippen molar-refractivity contribution < 1.29 is 0 Å². The second-order valence-electron chi connectivity index (χ2n) is 7.79. The normalized spacial score (nSPS) is 41.7. The SMILES string of the molecule is c1nc(C23CC4CC(CC(C4)C2)C3)nc2c1CCNC2. The first-order chi connectivity index (χ1) is 9.81. The van der Waals surface area contributed by atoms with Crippen LogP contribution in [0.15, 0.2) is 6.20 Å². The van der Waals surface area contributed by atoms with Crippen molar-refractivity contribution in [2.24, 2.45) is 17.8 Å². The maximum Gasteiger partial charge on any atom is 0.134 e. The number of rotatable bonds is 1. The fourth-order valence-corrected chi connectivity index (χ4v) is 5.87. The van der Waals surface area contributed by atoms with Crippen LogP contribution in [0.5, 0.6) is 0 Å². The van der Waals surface area contributed by atoms with Crippen molar-refractivity contribution in [3.8, 4) is 0 Å². The Balaban J connectivity index is 1.56. The zero-order valence-corrected chi connectivity index (χ0v) is 12.1. The third-order valence-corrected chi connectivity index (χ3v) is 6.33. The van der Waals surface area contributed by atoms with E-state index in [2.05, 4.69) is 11.5 Å². The van der Waals surface area contributed by atoms with E-state index in [4.69, 9.17) is 9.97 Å². The molecule has 5 aliphatic rings. The Labute approximate surface area is 120 Å². The van der Waals surface area contributed by atoms with E-state index in [9.17, 15) is 0 Å². The Morgan fingerprint density at radius 1 is 1.05 bits per heavy atom. The van der Waals surface area contributed by atoms with Gasteiger partial charge >= 0.3 is 0 Å². The van der Waals surface area contributed by atoms with Gasteiger partial charge in [-0.15, -0.1) is 0 Å². The minimum atomic E-state index is 0.348. The van der Waals surface area contributed by atoms with Crippen molar-refractivity contribution >= 4 is 0 Å². The first kappa shape index (κ1) is 11.7. The topological polar surface area (TPSA) is 37.8 Å². The lowest BCUT2D eigenvalue weighted by atomic mass is 9.49. The Morgan fingerprint density at radius 3 is 2.45 bits per heavy atom. The van der Waals surface area contributed by atoms with Crippen LogP contribution in [-0.4, -0.2) is 16.5 Å². The molecule has 0 saturated heterocycles. The molecule has 2 heterocycles. The second-order valence-corrected chi connectivity index (χ2v) is 7.79. The highest BCUT2D eigenvalue weighted by atomic mass is 15.0. The van der Waals surface area contributed by atoms with Crippen molar-refractivity contribution in [3.05, 3.63) is 23.3 Å². The van der Waals surface area contributed by atoms with Crippen LogP contribution < -0.4 is 5.32 Å². The van der Waals surface area contributed by atoms with Gasteiger partial charge in [0.1, 0.15) is 5.82 Å². The summed E-state index contributed by atoms with van der Waals surface area (Å²) >= 11 is 0. The van der Waals surface area contributed by atoms with E-state index in [1.54, 1.807) is 0 Å². The van der Waals surface area contributed by atoms with Gasteiger partial charge in [-0.25, -0.2) is 9.97 Å². The highest BCUT2D eigenvalue weighted by Gasteiger charge is 2.53. The van der Waals surface area contributed by atoms with Gasteiger partial charge in [-0.05, 0) is 74.8 Å². The molecule has 1 aromatic rings. The zero-order chi connectivity index (χ0) is 13.2. The van der Waals surface area contributed by atoms with Gasteiger partial charge in [0, 0.05) is 18.2 Å². The van der Waals surface area contributed by atoms with Gasteiger partial charge in [0.25, 0.3) is 0 Å². The van der Waals surface area contributed by atoms with Crippen molar-refractivity contribution in [2.75, 3.05) is 6.54 Å². The number of hydrogen-bond acceptors (Lipinski definition) is 3. The summed E-state index contributed by atoms with van der Waals surface area (Å²) in [7, 11) is 0. The predicted molar refractivity (Wildman–Crippen MR) is 77.3 cm³/mol. The molecular weight excluding hydrogens is 246 g/mol. The minimum Gasteiger partial charge on any atom is -0.311 e. The van der Waals surface area contributed by atoms with E-state index in [0.29, 0.717) is 5.41 Å². The molecule has 0 aromatic carbocycles. The van der Waals surface area contributed by atoms with Crippen LogP contribution in [0, 0.1) is 17.8 Å². The molecule has 0 unspecified atom stereocenters. The van der Waals surface area contributed by atoms with Crippen LogP contribution in [0.1, 0.15) is 55.6 Å². The van der Waals surface area contributed by atoms with Gasteiger partial charge in [0.15, 0.2) is 0 Å². The Hall–Kier alpha value is -0.960. The number of nitrogens with one attached hydrogen (secondary N) is 1. The lowest BCUT2D eigenvalue weighted by molar-refractivity contribution is -0.00954. The van der Waals surface area contributed by atoms with Crippen molar-refractivity contribution in [1.82, 2.24) is 15.3 Å². The smallest absolute Gasteiger partial charge is 0.134 e. The largest absolute Gasteiger partial charge is 0.311 e. The van der Waals surface area contributed by atoms with Crippen LogP contribution in [0.25, 0.3) is 0 Å². The molecule has 1 aromatic heterocycles. The molecule has 1 aliphatic heterocycles. The van der Waals surface area contributed by atoms with Crippen molar-refractivity contribution in [1.29, 1.82) is 0 Å². The van der Waals surface area contributed by atoms with E-state index in [1.165, 1.54) is 55.6 Å². The zero-order valence-electron chi connectivity index (χ0n) is 12.1. The summed E-state index contributed by atoms with van der Waals surface area (Å²) in [6.07, 6.45) is 11.8. The van der Waals surface area contributed by atoms with Crippen LogP contribution >= 0.6 is 0 Å². The molecule has 1 N–H and O–H groups in total. The average molecular weight is 269 g/mol. The summed E-state index contributed by atoms with van der Waals surface area (Å²) < 4.78 is 0. The van der Waals surface area contributed by atoms with Gasteiger partial charge in [-0.3, -0.25) is 0 Å². The van der Waals surface area contributed by atoms with Gasteiger partial charge in [0.2, 0.25) is 0 Å². The van der Waals surface area contributed by atoms with E-state index >= 15 is 0 Å². The highest BCUT2D eigenvalue weighted by molar-refractivity contribution is 5.25. The maximum atomic E-state index is 5.03. The Morgan fingerprint density at radius 2 is 1.75 bits per heavy atom. The van der Waals surface area contributed by atoms with Crippen LogP contribution in [0.4, 0.5) is 0 Å². The van der Waals surface area contributed by atoms with Gasteiger partial charge < -0.3 is 5.32 Å². The number of nitrogens with zero attached hydrogens (tertiary/aromatic N) is 2. The van der Waals surface area contributed by atoms with Gasteiger partial charge in [0.05, 0.1) is 5.69 Å². The molecule has 4 aliphatic carbocycles. The summed E-state index contributed by atoms with van der Waals surface area (Å²) in [6.45, 7) is 2.02.